The van der Waals surface area contributed by atoms with E-state index in [0.29, 0.717) is 0 Å². The fraction of sp³-hybridized carbons (Fsp3) is 0.600. The van der Waals surface area contributed by atoms with Gasteiger partial charge in [0.25, 0.3) is 0 Å². The molecule has 3 N–H and O–H groups in total. The van der Waals surface area contributed by atoms with Gasteiger partial charge in [-0.1, -0.05) is 12.1 Å². The summed E-state index contributed by atoms with van der Waals surface area (Å²) in [5, 5.41) is 8.94. The first-order chi connectivity index (χ1) is 9.19. The van der Waals surface area contributed by atoms with E-state index in [0.717, 1.165) is 44.7 Å². The van der Waals surface area contributed by atoms with Gasteiger partial charge in [0.15, 0.2) is 0 Å². The van der Waals surface area contributed by atoms with E-state index < -0.39 is 0 Å². The van der Waals surface area contributed by atoms with Gasteiger partial charge in [-0.3, -0.25) is 0 Å². The molecule has 0 fully saturated rings. The molecule has 1 unspecified atom stereocenters. The highest BCUT2D eigenvalue weighted by atomic mass is 16.5. The first-order valence-electron chi connectivity index (χ1n) is 6.98. The molecule has 0 bridgehead atoms. The van der Waals surface area contributed by atoms with Crippen LogP contribution >= 0.6 is 0 Å². The zero-order valence-electron chi connectivity index (χ0n) is 11.6. The average molecular weight is 264 g/mol. The molecule has 1 heterocycles. The Morgan fingerprint density at radius 2 is 2.32 bits per heavy atom. The van der Waals surface area contributed by atoms with Crippen LogP contribution in [0.3, 0.4) is 0 Å². The van der Waals surface area contributed by atoms with E-state index in [1.54, 1.807) is 0 Å². The molecule has 0 amide bonds. The molecule has 1 atom stereocenters. The molecule has 2 rings (SSSR count). The number of hydrogen-bond acceptors (Lipinski definition) is 4. The third-order valence-corrected chi connectivity index (χ3v) is 3.54. The number of hydrogen-bond donors (Lipinski definition) is 2. The molecule has 1 aromatic rings. The van der Waals surface area contributed by atoms with Gasteiger partial charge < -0.3 is 20.5 Å². The van der Waals surface area contributed by atoms with Crippen molar-refractivity contribution < 1.29 is 9.84 Å². The Labute approximate surface area is 115 Å². The molecule has 1 aliphatic rings. The van der Waals surface area contributed by atoms with Gasteiger partial charge in [-0.25, -0.2) is 0 Å². The number of aryl methyl sites for hydroxylation is 1. The van der Waals surface area contributed by atoms with E-state index in [4.69, 9.17) is 15.6 Å². The van der Waals surface area contributed by atoms with Crippen LogP contribution in [0.25, 0.3) is 0 Å². The van der Waals surface area contributed by atoms with Crippen LogP contribution in [0, 0.1) is 0 Å². The van der Waals surface area contributed by atoms with E-state index in [9.17, 15) is 0 Å². The minimum Gasteiger partial charge on any atom is -0.493 e. The fourth-order valence-electron chi connectivity index (χ4n) is 2.44. The van der Waals surface area contributed by atoms with Gasteiger partial charge in [0.1, 0.15) is 5.75 Å². The lowest BCUT2D eigenvalue weighted by Crippen LogP contribution is -2.38. The Balaban J connectivity index is 1.86. The smallest absolute Gasteiger partial charge is 0.122 e. The van der Waals surface area contributed by atoms with Crippen molar-refractivity contribution in [3.63, 3.8) is 0 Å². The van der Waals surface area contributed by atoms with Gasteiger partial charge in [0, 0.05) is 19.1 Å². The summed E-state index contributed by atoms with van der Waals surface area (Å²) in [4.78, 5) is 2.16. The van der Waals surface area contributed by atoms with Crippen molar-refractivity contribution in [1.82, 2.24) is 4.90 Å². The van der Waals surface area contributed by atoms with Crippen molar-refractivity contribution in [1.29, 1.82) is 0 Å². The van der Waals surface area contributed by atoms with E-state index in [1.807, 2.05) is 7.05 Å². The zero-order valence-corrected chi connectivity index (χ0v) is 11.6. The quantitative estimate of drug-likeness (QED) is 0.798. The maximum Gasteiger partial charge on any atom is 0.122 e. The van der Waals surface area contributed by atoms with Crippen LogP contribution in [0.15, 0.2) is 18.2 Å². The molecule has 0 aliphatic carbocycles. The maximum atomic E-state index is 8.94. The Kier molecular flexibility index (Phi) is 5.19. The Morgan fingerprint density at radius 1 is 1.47 bits per heavy atom. The topological polar surface area (TPSA) is 58.7 Å². The van der Waals surface area contributed by atoms with Crippen LogP contribution in [0.4, 0.5) is 0 Å². The summed E-state index contributed by atoms with van der Waals surface area (Å²) < 4.78 is 5.62. The average Bonchev–Trinajstić information content (AvgIpc) is 2.44. The van der Waals surface area contributed by atoms with Gasteiger partial charge >= 0.3 is 0 Å². The molecular formula is C15H24N2O2. The summed E-state index contributed by atoms with van der Waals surface area (Å²) in [6, 6.07) is 6.34. The normalized spacial score (nSPS) is 16.0. The Morgan fingerprint density at radius 3 is 3.11 bits per heavy atom. The summed E-state index contributed by atoms with van der Waals surface area (Å²) in [6.07, 6.45) is 3.23. The maximum absolute atomic E-state index is 8.94. The molecule has 0 aromatic heterocycles. The molecule has 0 saturated heterocycles. The molecule has 0 saturated carbocycles. The molecule has 19 heavy (non-hydrogen) atoms. The summed E-state index contributed by atoms with van der Waals surface area (Å²) in [5.74, 6) is 1.05. The Bertz CT molecular complexity index is 409. The second-order valence-electron chi connectivity index (χ2n) is 5.35. The number of aliphatic hydroxyl groups is 1. The molecule has 4 heteroatoms. The summed E-state index contributed by atoms with van der Waals surface area (Å²) >= 11 is 0. The Hall–Kier alpha value is -1.10. The van der Waals surface area contributed by atoms with Crippen molar-refractivity contribution in [3.05, 3.63) is 29.3 Å². The van der Waals surface area contributed by atoms with Crippen LogP contribution in [-0.4, -0.2) is 49.4 Å². The third kappa shape index (κ3) is 4.20. The summed E-state index contributed by atoms with van der Waals surface area (Å²) in [5.41, 5.74) is 8.40. The standard InChI is InChI=1S/C15H24N2O2/c1-17(10-14(16)11-18)7-6-12-4-5-15-13(9-12)3-2-8-19-15/h4-5,9,14,18H,2-3,6-8,10-11,16H2,1H3. The first kappa shape index (κ1) is 14.3. The van der Waals surface area contributed by atoms with E-state index in [1.165, 1.54) is 11.1 Å². The van der Waals surface area contributed by atoms with E-state index in [2.05, 4.69) is 23.1 Å². The third-order valence-electron chi connectivity index (χ3n) is 3.54. The molecule has 0 spiro atoms. The monoisotopic (exact) mass is 264 g/mol. The van der Waals surface area contributed by atoms with E-state index >= 15 is 0 Å². The zero-order chi connectivity index (χ0) is 13.7. The van der Waals surface area contributed by atoms with Gasteiger partial charge in [0.2, 0.25) is 0 Å². The van der Waals surface area contributed by atoms with Gasteiger partial charge in [-0.15, -0.1) is 0 Å². The van der Waals surface area contributed by atoms with Crippen LogP contribution < -0.4 is 10.5 Å². The van der Waals surface area contributed by atoms with Crippen molar-refractivity contribution in [2.24, 2.45) is 5.73 Å². The van der Waals surface area contributed by atoms with Crippen LogP contribution in [0.1, 0.15) is 17.5 Å². The number of aliphatic hydroxyl groups excluding tert-OH is 1. The molecule has 1 aromatic carbocycles. The number of fused-ring (bicyclic) bond motifs is 1. The molecule has 1 aliphatic heterocycles. The highest BCUT2D eigenvalue weighted by Gasteiger charge is 2.11. The summed E-state index contributed by atoms with van der Waals surface area (Å²) in [7, 11) is 2.04. The number of nitrogens with zero attached hydrogens (tertiary/aromatic N) is 1. The number of likely N-dealkylation sites (N-methyl/N-ethyl adjacent to an activating group) is 1. The number of ether oxygens (including phenoxy) is 1. The first-order valence-corrected chi connectivity index (χ1v) is 6.98. The van der Waals surface area contributed by atoms with Crippen molar-refractivity contribution in [2.75, 3.05) is 33.4 Å². The second kappa shape index (κ2) is 6.89. The largest absolute Gasteiger partial charge is 0.493 e. The number of benzene rings is 1. The lowest BCUT2D eigenvalue weighted by Gasteiger charge is -2.21. The van der Waals surface area contributed by atoms with Crippen LogP contribution in [-0.2, 0) is 12.8 Å². The number of nitrogens with two attached hydrogens (primary N) is 1. The minimum atomic E-state index is -0.151. The number of rotatable bonds is 6. The predicted molar refractivity (Wildman–Crippen MR) is 76.5 cm³/mol. The van der Waals surface area contributed by atoms with Crippen molar-refractivity contribution in [2.45, 2.75) is 25.3 Å². The van der Waals surface area contributed by atoms with Crippen LogP contribution in [0.5, 0.6) is 5.75 Å². The summed E-state index contributed by atoms with van der Waals surface area (Å²) in [6.45, 7) is 2.56. The van der Waals surface area contributed by atoms with Crippen LogP contribution in [0.2, 0.25) is 0 Å². The SMILES string of the molecule is CN(CCc1ccc2c(c1)CCCO2)CC(N)CO. The molecule has 4 nitrogen and oxygen atoms in total. The fourth-order valence-corrected chi connectivity index (χ4v) is 2.44. The van der Waals surface area contributed by atoms with Crippen molar-refractivity contribution in [3.8, 4) is 5.75 Å². The second-order valence-corrected chi connectivity index (χ2v) is 5.35. The van der Waals surface area contributed by atoms with Gasteiger partial charge in [-0.2, -0.15) is 0 Å². The van der Waals surface area contributed by atoms with E-state index in [-0.39, 0.29) is 12.6 Å². The lowest BCUT2D eigenvalue weighted by molar-refractivity contribution is 0.222. The van der Waals surface area contributed by atoms with Crippen molar-refractivity contribution >= 4 is 0 Å². The predicted octanol–water partition coefficient (Wildman–Crippen LogP) is 0.806. The molecule has 0 radical (unpaired) electrons. The van der Waals surface area contributed by atoms with Gasteiger partial charge in [-0.05, 0) is 43.5 Å². The molecule has 106 valence electrons. The highest BCUT2D eigenvalue weighted by Crippen LogP contribution is 2.25. The minimum absolute atomic E-state index is 0.0422. The molecular weight excluding hydrogens is 240 g/mol. The lowest BCUT2D eigenvalue weighted by atomic mass is 10.0. The highest BCUT2D eigenvalue weighted by molar-refractivity contribution is 5.38. The van der Waals surface area contributed by atoms with Gasteiger partial charge in [0.05, 0.1) is 13.2 Å².